The Bertz CT molecular complexity index is 799. The van der Waals surface area contributed by atoms with Crippen LogP contribution in [-0.4, -0.2) is 18.4 Å². The largest absolute Gasteiger partial charge is 0.263 e. The number of halogens is 1. The second kappa shape index (κ2) is 5.45. The zero-order valence-electron chi connectivity index (χ0n) is 10.3. The third-order valence-corrected chi connectivity index (χ3v) is 4.15. The van der Waals surface area contributed by atoms with E-state index in [2.05, 4.69) is 14.7 Å². The monoisotopic (exact) mass is 308 g/mol. The Labute approximate surface area is 121 Å². The standard InChI is InChI=1S/C12H9ClN4O2S/c1-8-2-3-9(7-14)6-10(8)20(18,19)17-11-4-5-15-12(13)16-11/h2-6H,1H3,(H,15,16,17). The van der Waals surface area contributed by atoms with Gasteiger partial charge in [0.05, 0.1) is 16.5 Å². The summed E-state index contributed by atoms with van der Waals surface area (Å²) in [6.07, 6.45) is 1.34. The molecule has 2 rings (SSSR count). The molecule has 6 nitrogen and oxygen atoms in total. The second-order valence-electron chi connectivity index (χ2n) is 3.91. The number of hydrogen-bond donors (Lipinski definition) is 1. The lowest BCUT2D eigenvalue weighted by Gasteiger charge is -2.09. The van der Waals surface area contributed by atoms with Crippen molar-refractivity contribution < 1.29 is 8.42 Å². The molecular weight excluding hydrogens is 300 g/mol. The average Bonchev–Trinajstić information content (AvgIpc) is 2.38. The molecule has 0 bridgehead atoms. The minimum Gasteiger partial charge on any atom is -0.263 e. The van der Waals surface area contributed by atoms with Crippen molar-refractivity contribution in [2.24, 2.45) is 0 Å². The zero-order chi connectivity index (χ0) is 14.8. The van der Waals surface area contributed by atoms with E-state index in [1.165, 1.54) is 18.3 Å². The third-order valence-electron chi connectivity index (χ3n) is 2.47. The van der Waals surface area contributed by atoms with Crippen LogP contribution in [0.15, 0.2) is 35.4 Å². The summed E-state index contributed by atoms with van der Waals surface area (Å²) in [6.45, 7) is 1.64. The van der Waals surface area contributed by atoms with E-state index in [0.29, 0.717) is 5.56 Å². The second-order valence-corrected chi connectivity index (χ2v) is 5.90. The van der Waals surface area contributed by atoms with E-state index in [9.17, 15) is 8.42 Å². The number of benzene rings is 1. The molecule has 0 radical (unpaired) electrons. The molecule has 0 saturated carbocycles. The minimum absolute atomic E-state index is 0.0197. The summed E-state index contributed by atoms with van der Waals surface area (Å²) in [4.78, 5) is 7.44. The molecule has 1 heterocycles. The summed E-state index contributed by atoms with van der Waals surface area (Å²) in [5.41, 5.74) is 0.786. The van der Waals surface area contributed by atoms with Crippen LogP contribution < -0.4 is 4.72 Å². The summed E-state index contributed by atoms with van der Waals surface area (Å²) in [6, 6.07) is 7.71. The fraction of sp³-hybridized carbons (Fsp3) is 0.0833. The van der Waals surface area contributed by atoms with E-state index in [1.807, 2.05) is 6.07 Å². The van der Waals surface area contributed by atoms with Crippen molar-refractivity contribution in [1.29, 1.82) is 5.26 Å². The van der Waals surface area contributed by atoms with Crippen LogP contribution in [0, 0.1) is 18.3 Å². The van der Waals surface area contributed by atoms with Gasteiger partial charge >= 0.3 is 0 Å². The maximum Gasteiger partial charge on any atom is 0.263 e. The fourth-order valence-corrected chi connectivity index (χ4v) is 2.96. The van der Waals surface area contributed by atoms with Crippen molar-refractivity contribution in [2.45, 2.75) is 11.8 Å². The molecule has 0 aliphatic carbocycles. The van der Waals surface area contributed by atoms with Crippen molar-refractivity contribution in [3.05, 3.63) is 46.9 Å². The number of aryl methyl sites for hydroxylation is 1. The molecule has 2 aromatic rings. The summed E-state index contributed by atoms with van der Waals surface area (Å²) >= 11 is 5.60. The predicted octanol–water partition coefficient (Wildman–Crippen LogP) is 2.11. The van der Waals surface area contributed by atoms with Crippen LogP contribution in [0.25, 0.3) is 0 Å². The molecule has 1 aromatic carbocycles. The van der Waals surface area contributed by atoms with Crippen LogP contribution in [0.3, 0.4) is 0 Å². The van der Waals surface area contributed by atoms with Crippen LogP contribution >= 0.6 is 11.6 Å². The van der Waals surface area contributed by atoms with Crippen molar-refractivity contribution >= 4 is 27.4 Å². The van der Waals surface area contributed by atoms with Gasteiger partial charge in [0.25, 0.3) is 10.0 Å². The number of anilines is 1. The number of aromatic nitrogens is 2. The van der Waals surface area contributed by atoms with E-state index in [1.54, 1.807) is 19.1 Å². The number of sulfonamides is 1. The highest BCUT2D eigenvalue weighted by molar-refractivity contribution is 7.92. The zero-order valence-corrected chi connectivity index (χ0v) is 11.9. The highest BCUT2D eigenvalue weighted by Gasteiger charge is 2.18. The van der Waals surface area contributed by atoms with Crippen LogP contribution in [0.4, 0.5) is 5.82 Å². The topological polar surface area (TPSA) is 95.7 Å². The Morgan fingerprint density at radius 3 is 2.75 bits per heavy atom. The maximum absolute atomic E-state index is 12.3. The normalized spacial score (nSPS) is 10.8. The third kappa shape index (κ3) is 3.04. The lowest BCUT2D eigenvalue weighted by atomic mass is 10.2. The summed E-state index contributed by atoms with van der Waals surface area (Å²) in [7, 11) is -3.84. The van der Waals surface area contributed by atoms with Gasteiger partial charge in [0.15, 0.2) is 0 Å². The maximum atomic E-state index is 12.3. The molecule has 102 valence electrons. The van der Waals surface area contributed by atoms with Gasteiger partial charge in [-0.05, 0) is 42.3 Å². The quantitative estimate of drug-likeness (QED) is 0.876. The molecule has 0 unspecified atom stereocenters. The SMILES string of the molecule is Cc1ccc(C#N)cc1S(=O)(=O)Nc1ccnc(Cl)n1. The molecule has 1 aromatic heterocycles. The van der Waals surface area contributed by atoms with Crippen LogP contribution in [0.1, 0.15) is 11.1 Å². The van der Waals surface area contributed by atoms with Gasteiger partial charge in [-0.3, -0.25) is 4.72 Å². The van der Waals surface area contributed by atoms with Gasteiger partial charge in [0.1, 0.15) is 5.82 Å². The molecule has 0 spiro atoms. The summed E-state index contributed by atoms with van der Waals surface area (Å²) < 4.78 is 26.9. The Hall–Kier alpha value is -2.17. The van der Waals surface area contributed by atoms with E-state index in [0.717, 1.165) is 0 Å². The van der Waals surface area contributed by atoms with E-state index in [4.69, 9.17) is 16.9 Å². The van der Waals surface area contributed by atoms with Crippen molar-refractivity contribution in [3.63, 3.8) is 0 Å². The first-order valence-electron chi connectivity index (χ1n) is 5.44. The van der Waals surface area contributed by atoms with Crippen molar-refractivity contribution in [3.8, 4) is 6.07 Å². The number of rotatable bonds is 3. The van der Waals surface area contributed by atoms with Crippen molar-refractivity contribution in [2.75, 3.05) is 4.72 Å². The molecule has 0 atom stereocenters. The van der Waals surface area contributed by atoms with Crippen molar-refractivity contribution in [1.82, 2.24) is 9.97 Å². The highest BCUT2D eigenvalue weighted by atomic mass is 35.5. The Kier molecular flexibility index (Phi) is 3.88. The lowest BCUT2D eigenvalue weighted by molar-refractivity contribution is 0.600. The fourth-order valence-electron chi connectivity index (χ4n) is 1.54. The Morgan fingerprint density at radius 2 is 2.10 bits per heavy atom. The Balaban J connectivity index is 2.43. The first-order valence-corrected chi connectivity index (χ1v) is 7.30. The van der Waals surface area contributed by atoms with Gasteiger partial charge in [0, 0.05) is 6.20 Å². The first kappa shape index (κ1) is 14.2. The predicted molar refractivity (Wildman–Crippen MR) is 73.7 cm³/mol. The molecule has 8 heteroatoms. The van der Waals surface area contributed by atoms with Gasteiger partial charge in [-0.15, -0.1) is 0 Å². The number of nitriles is 1. The lowest BCUT2D eigenvalue weighted by Crippen LogP contribution is -2.15. The smallest absolute Gasteiger partial charge is 0.263 e. The molecule has 0 saturated heterocycles. The molecular formula is C12H9ClN4O2S. The number of nitrogens with zero attached hydrogens (tertiary/aromatic N) is 3. The minimum atomic E-state index is -3.84. The van der Waals surface area contributed by atoms with Gasteiger partial charge < -0.3 is 0 Å². The van der Waals surface area contributed by atoms with E-state index >= 15 is 0 Å². The van der Waals surface area contributed by atoms with E-state index < -0.39 is 10.0 Å². The van der Waals surface area contributed by atoms with Gasteiger partial charge in [0.2, 0.25) is 5.28 Å². The van der Waals surface area contributed by atoms with Crippen LogP contribution in [-0.2, 0) is 10.0 Å². The van der Waals surface area contributed by atoms with Gasteiger partial charge in [-0.1, -0.05) is 6.07 Å². The van der Waals surface area contributed by atoms with E-state index in [-0.39, 0.29) is 21.6 Å². The van der Waals surface area contributed by atoms with Crippen LogP contribution in [0.5, 0.6) is 0 Å². The summed E-state index contributed by atoms with van der Waals surface area (Å²) in [5.74, 6) is 0.0618. The Morgan fingerprint density at radius 1 is 1.35 bits per heavy atom. The average molecular weight is 309 g/mol. The summed E-state index contributed by atoms with van der Waals surface area (Å²) in [5, 5.41) is 8.78. The molecule has 1 N–H and O–H groups in total. The van der Waals surface area contributed by atoms with Gasteiger partial charge in [-0.25, -0.2) is 13.4 Å². The molecule has 0 aliphatic rings. The first-order chi connectivity index (χ1) is 9.42. The molecule has 20 heavy (non-hydrogen) atoms. The number of hydrogen-bond acceptors (Lipinski definition) is 5. The van der Waals surface area contributed by atoms with Gasteiger partial charge in [-0.2, -0.15) is 10.2 Å². The number of nitrogens with one attached hydrogen (secondary N) is 1. The molecule has 0 amide bonds. The molecule has 0 fully saturated rings. The van der Waals surface area contributed by atoms with Crippen LogP contribution in [0.2, 0.25) is 5.28 Å². The molecule has 0 aliphatic heterocycles. The highest BCUT2D eigenvalue weighted by Crippen LogP contribution is 2.20.